The van der Waals surface area contributed by atoms with E-state index in [0.717, 1.165) is 34.1 Å². The van der Waals surface area contributed by atoms with Crippen LogP contribution in [0.4, 0.5) is 5.95 Å². The zero-order chi connectivity index (χ0) is 20.8. The molecule has 31 heavy (non-hydrogen) atoms. The smallest absolute Gasteiger partial charge is 0.296 e. The van der Waals surface area contributed by atoms with Gasteiger partial charge < -0.3 is 13.7 Å². The Morgan fingerprint density at radius 1 is 0.935 bits per heavy atom. The van der Waals surface area contributed by atoms with Crippen LogP contribution >= 0.6 is 0 Å². The van der Waals surface area contributed by atoms with Crippen LogP contribution in [0, 0.1) is 0 Å². The van der Waals surface area contributed by atoms with E-state index in [-0.39, 0.29) is 18.3 Å². The van der Waals surface area contributed by atoms with Crippen LogP contribution in [0.5, 0.6) is 5.75 Å². The molecule has 0 spiro atoms. The van der Waals surface area contributed by atoms with Gasteiger partial charge in [0.2, 0.25) is 5.95 Å². The van der Waals surface area contributed by atoms with Crippen LogP contribution in [0.25, 0.3) is 21.8 Å². The van der Waals surface area contributed by atoms with Crippen LogP contribution in [0.2, 0.25) is 0 Å². The van der Waals surface area contributed by atoms with Crippen LogP contribution < -0.4 is 9.64 Å². The van der Waals surface area contributed by atoms with Crippen molar-refractivity contribution in [1.29, 1.82) is 0 Å². The molecule has 0 atom stereocenters. The average Bonchev–Trinajstić information content (AvgIpc) is 3.52. The molecule has 0 saturated heterocycles. The summed E-state index contributed by atoms with van der Waals surface area (Å²) < 4.78 is 13.8. The first-order valence-corrected chi connectivity index (χ1v) is 10.2. The van der Waals surface area contributed by atoms with E-state index in [1.54, 1.807) is 17.0 Å². The van der Waals surface area contributed by atoms with Gasteiger partial charge in [0.25, 0.3) is 5.91 Å². The van der Waals surface area contributed by atoms with Crippen molar-refractivity contribution in [3.8, 4) is 5.75 Å². The maximum atomic E-state index is 13.1. The summed E-state index contributed by atoms with van der Waals surface area (Å²) in [6.45, 7) is 1.56. The number of fused-ring (bicyclic) bond motifs is 4. The number of aromatic nitrogens is 2. The summed E-state index contributed by atoms with van der Waals surface area (Å²) in [6.07, 6.45) is 0. The van der Waals surface area contributed by atoms with E-state index in [1.165, 1.54) is 0 Å². The number of furan rings is 1. The summed E-state index contributed by atoms with van der Waals surface area (Å²) in [7, 11) is 0. The number of rotatable bonds is 4. The largest absolute Gasteiger partial charge is 0.486 e. The van der Waals surface area contributed by atoms with Crippen molar-refractivity contribution in [2.45, 2.75) is 13.2 Å². The second kappa shape index (κ2) is 7.02. The Labute approximate surface area is 178 Å². The Kier molecular flexibility index (Phi) is 4.02. The molecule has 0 N–H and O–H groups in total. The first-order chi connectivity index (χ1) is 15.3. The summed E-state index contributed by atoms with van der Waals surface area (Å²) in [6, 6.07) is 25.5. The van der Waals surface area contributed by atoms with E-state index in [0.29, 0.717) is 18.3 Å². The highest BCUT2D eigenvalue weighted by Crippen LogP contribution is 2.29. The van der Waals surface area contributed by atoms with Crippen LogP contribution in [-0.4, -0.2) is 22.0 Å². The highest BCUT2D eigenvalue weighted by atomic mass is 16.5. The van der Waals surface area contributed by atoms with Crippen LogP contribution in [0.1, 0.15) is 16.3 Å². The first-order valence-electron chi connectivity index (χ1n) is 10.2. The quantitative estimate of drug-likeness (QED) is 0.418. The molecule has 1 aliphatic heterocycles. The molecule has 0 unspecified atom stereocenters. The van der Waals surface area contributed by atoms with Crippen molar-refractivity contribution < 1.29 is 13.9 Å². The fourth-order valence-electron chi connectivity index (χ4n) is 4.10. The maximum Gasteiger partial charge on any atom is 0.296 e. The molecule has 0 aliphatic carbocycles. The second-order valence-electron chi connectivity index (χ2n) is 7.57. The lowest BCUT2D eigenvalue weighted by Gasteiger charge is -2.11. The number of nitrogens with zero attached hydrogens (tertiary/aromatic N) is 3. The summed E-state index contributed by atoms with van der Waals surface area (Å²) >= 11 is 0. The minimum atomic E-state index is -0.189. The van der Waals surface area contributed by atoms with E-state index < -0.39 is 0 Å². The molecule has 2 aromatic heterocycles. The zero-order valence-electron chi connectivity index (χ0n) is 16.7. The number of para-hydroxylation sites is 2. The Hall–Kier alpha value is -4.06. The number of hydrogen-bond acceptors (Lipinski definition) is 4. The third kappa shape index (κ3) is 3.04. The number of anilines is 1. The van der Waals surface area contributed by atoms with Gasteiger partial charge in [-0.25, -0.2) is 4.98 Å². The Balaban J connectivity index is 1.19. The Morgan fingerprint density at radius 3 is 2.71 bits per heavy atom. The first kappa shape index (κ1) is 17.8. The molecule has 0 saturated carbocycles. The highest BCUT2D eigenvalue weighted by molar-refractivity contribution is 6.04. The molecular weight excluding hydrogens is 390 g/mol. The maximum absolute atomic E-state index is 13.1. The van der Waals surface area contributed by atoms with Gasteiger partial charge in [-0.05, 0) is 47.2 Å². The molecule has 3 aromatic carbocycles. The average molecular weight is 409 g/mol. The SMILES string of the molecule is O=C(c1ccc(COc2ccc3ccccc3c2)o1)N1CCn2c1nc1ccccc12. The topological polar surface area (TPSA) is 60.5 Å². The van der Waals surface area contributed by atoms with E-state index >= 15 is 0 Å². The standard InChI is InChI=1S/C25H19N3O3/c29-24(28-14-13-27-22-8-4-3-7-21(22)26-25(27)28)23-12-11-20(31-23)16-30-19-10-9-17-5-1-2-6-18(17)15-19/h1-12,15H,13-14,16H2. The summed E-state index contributed by atoms with van der Waals surface area (Å²) in [5, 5.41) is 2.28. The zero-order valence-corrected chi connectivity index (χ0v) is 16.7. The molecule has 3 heterocycles. The number of carbonyl (C=O) groups is 1. The second-order valence-corrected chi connectivity index (χ2v) is 7.57. The van der Waals surface area contributed by atoms with Gasteiger partial charge in [0.15, 0.2) is 5.76 Å². The normalized spacial score (nSPS) is 13.1. The highest BCUT2D eigenvalue weighted by Gasteiger charge is 2.30. The Bertz CT molecular complexity index is 1430. The lowest BCUT2D eigenvalue weighted by molar-refractivity contribution is 0.0958. The molecule has 152 valence electrons. The number of imidazole rings is 1. The lowest BCUT2D eigenvalue weighted by atomic mass is 10.1. The molecule has 6 rings (SSSR count). The molecule has 6 nitrogen and oxygen atoms in total. The van der Waals surface area contributed by atoms with Crippen molar-refractivity contribution in [3.63, 3.8) is 0 Å². The van der Waals surface area contributed by atoms with Crippen molar-refractivity contribution in [2.75, 3.05) is 11.4 Å². The van der Waals surface area contributed by atoms with E-state index in [4.69, 9.17) is 9.15 Å². The van der Waals surface area contributed by atoms with Crippen LogP contribution in [-0.2, 0) is 13.2 Å². The monoisotopic (exact) mass is 409 g/mol. The van der Waals surface area contributed by atoms with Gasteiger partial charge in [-0.2, -0.15) is 0 Å². The van der Waals surface area contributed by atoms with Crippen molar-refractivity contribution in [2.24, 2.45) is 0 Å². The fourth-order valence-corrected chi connectivity index (χ4v) is 4.10. The van der Waals surface area contributed by atoms with Gasteiger partial charge in [0.1, 0.15) is 18.1 Å². The molecule has 0 fully saturated rings. The minimum absolute atomic E-state index is 0.189. The van der Waals surface area contributed by atoms with E-state index in [2.05, 4.69) is 21.7 Å². The number of benzene rings is 3. The molecule has 0 radical (unpaired) electrons. The molecular formula is C25H19N3O3. The minimum Gasteiger partial charge on any atom is -0.486 e. The molecule has 1 aliphatic rings. The molecule has 6 heteroatoms. The molecule has 0 bridgehead atoms. The number of carbonyl (C=O) groups excluding carboxylic acids is 1. The molecule has 1 amide bonds. The van der Waals surface area contributed by atoms with Gasteiger partial charge in [0, 0.05) is 13.1 Å². The molecule has 5 aromatic rings. The van der Waals surface area contributed by atoms with Gasteiger partial charge in [-0.15, -0.1) is 0 Å². The number of amides is 1. The predicted octanol–water partition coefficient (Wildman–Crippen LogP) is 5.02. The van der Waals surface area contributed by atoms with E-state index in [1.807, 2.05) is 54.6 Å². The fraction of sp³-hybridized carbons (Fsp3) is 0.120. The van der Waals surface area contributed by atoms with Gasteiger partial charge >= 0.3 is 0 Å². The number of hydrogen-bond donors (Lipinski definition) is 0. The van der Waals surface area contributed by atoms with Gasteiger partial charge in [-0.3, -0.25) is 9.69 Å². The summed E-state index contributed by atoms with van der Waals surface area (Å²) in [4.78, 5) is 19.4. The van der Waals surface area contributed by atoms with Gasteiger partial charge in [0.05, 0.1) is 11.0 Å². The predicted molar refractivity (Wildman–Crippen MR) is 118 cm³/mol. The van der Waals surface area contributed by atoms with Crippen molar-refractivity contribution >= 4 is 33.7 Å². The lowest BCUT2D eigenvalue weighted by Crippen LogP contribution is -2.29. The number of ether oxygens (including phenoxy) is 1. The third-order valence-corrected chi connectivity index (χ3v) is 5.64. The Morgan fingerprint density at radius 2 is 1.77 bits per heavy atom. The van der Waals surface area contributed by atoms with Crippen LogP contribution in [0.15, 0.2) is 83.3 Å². The van der Waals surface area contributed by atoms with Crippen molar-refractivity contribution in [3.05, 3.63) is 90.4 Å². The van der Waals surface area contributed by atoms with Gasteiger partial charge in [-0.1, -0.05) is 42.5 Å². The van der Waals surface area contributed by atoms with E-state index in [9.17, 15) is 4.79 Å². The summed E-state index contributed by atoms with van der Waals surface area (Å²) in [5.74, 6) is 2.13. The van der Waals surface area contributed by atoms with Crippen LogP contribution in [0.3, 0.4) is 0 Å². The third-order valence-electron chi connectivity index (χ3n) is 5.64. The summed E-state index contributed by atoms with van der Waals surface area (Å²) in [5.41, 5.74) is 1.93. The van der Waals surface area contributed by atoms with Crippen molar-refractivity contribution in [1.82, 2.24) is 9.55 Å².